The minimum Gasteiger partial charge on any atom is -0.744 e. The Bertz CT molecular complexity index is 950. The summed E-state index contributed by atoms with van der Waals surface area (Å²) < 4.78 is 33.1. The predicted octanol–water partition coefficient (Wildman–Crippen LogP) is 2.68. The first kappa shape index (κ1) is 15.0. The van der Waals surface area contributed by atoms with Gasteiger partial charge in [-0.25, -0.2) is 8.42 Å². The van der Waals surface area contributed by atoms with Crippen LogP contribution in [0.1, 0.15) is 0 Å². The minimum absolute atomic E-state index is 0. The highest BCUT2D eigenvalue weighted by Gasteiger charge is 2.14. The summed E-state index contributed by atoms with van der Waals surface area (Å²) in [6, 6.07) is 10.1. The van der Waals surface area contributed by atoms with Crippen molar-refractivity contribution in [3.05, 3.63) is 42.5 Å². The number of hydrogen-bond acceptors (Lipinski definition) is 5. The van der Waals surface area contributed by atoms with E-state index in [-0.39, 0.29) is 28.4 Å². The van der Waals surface area contributed by atoms with Crippen molar-refractivity contribution in [2.45, 2.75) is 4.90 Å². The molecule has 3 aromatic rings. The molecule has 6 nitrogen and oxygen atoms in total. The van der Waals surface area contributed by atoms with E-state index in [9.17, 15) is 23.2 Å². The largest absolute Gasteiger partial charge is 0.744 e. The summed E-state index contributed by atoms with van der Waals surface area (Å²) in [6.07, 6.45) is 0. The summed E-state index contributed by atoms with van der Waals surface area (Å²) >= 11 is 0. The van der Waals surface area contributed by atoms with Crippen LogP contribution in [-0.2, 0) is 10.1 Å². The third-order valence-electron chi connectivity index (χ3n) is 3.23. The van der Waals surface area contributed by atoms with Crippen molar-refractivity contribution >= 4 is 31.7 Å². The maximum Gasteiger partial charge on any atom is 0.131 e. The molecule has 7 heteroatoms. The molecule has 6 N–H and O–H groups in total. The quantitative estimate of drug-likeness (QED) is 0.361. The van der Waals surface area contributed by atoms with Gasteiger partial charge in [0.1, 0.15) is 21.6 Å². The molecule has 3 aromatic carbocycles. The lowest BCUT2D eigenvalue weighted by atomic mass is 10.0. The number of benzene rings is 3. The second-order valence-electron chi connectivity index (χ2n) is 4.40. The zero-order valence-corrected chi connectivity index (χ0v) is 11.9. The van der Waals surface area contributed by atoms with Crippen LogP contribution in [0.3, 0.4) is 0 Å². The van der Waals surface area contributed by atoms with Crippen molar-refractivity contribution in [3.63, 3.8) is 0 Å². The average Bonchev–Trinajstić information content (AvgIpc) is 2.43. The van der Waals surface area contributed by atoms with Gasteiger partial charge in [0, 0.05) is 21.5 Å². The second-order valence-corrected chi connectivity index (χ2v) is 5.78. The van der Waals surface area contributed by atoms with Crippen molar-refractivity contribution < 1.29 is 23.2 Å². The number of hydrogen-bond donors (Lipinski definition) is 3. The van der Waals surface area contributed by atoms with Gasteiger partial charge >= 0.3 is 0 Å². The Morgan fingerprint density at radius 3 is 1.81 bits per heavy atom. The summed E-state index contributed by atoms with van der Waals surface area (Å²) in [5.41, 5.74) is 0. The summed E-state index contributed by atoms with van der Waals surface area (Å²) in [7, 11) is -4.62. The molecule has 0 radical (unpaired) electrons. The van der Waals surface area contributed by atoms with Gasteiger partial charge < -0.3 is 20.9 Å². The SMILES string of the molecule is O=S(=O)([O-])c1ccc2c(O)c3ccccc3c(O)c2c1.[NH4+]. The van der Waals surface area contributed by atoms with E-state index < -0.39 is 15.0 Å². The fourth-order valence-corrected chi connectivity index (χ4v) is 2.76. The molecule has 0 saturated carbocycles. The molecule has 0 saturated heterocycles. The zero-order valence-electron chi connectivity index (χ0n) is 11.1. The molecule has 0 bridgehead atoms. The first-order chi connectivity index (χ1) is 9.39. The van der Waals surface area contributed by atoms with Crippen LogP contribution >= 0.6 is 0 Å². The van der Waals surface area contributed by atoms with Crippen molar-refractivity contribution in [2.75, 3.05) is 0 Å². The van der Waals surface area contributed by atoms with Crippen molar-refractivity contribution in [2.24, 2.45) is 0 Å². The van der Waals surface area contributed by atoms with E-state index in [2.05, 4.69) is 0 Å². The molecular weight excluding hydrogens is 294 g/mol. The molecule has 0 amide bonds. The van der Waals surface area contributed by atoms with Gasteiger partial charge in [-0.1, -0.05) is 24.3 Å². The summed E-state index contributed by atoms with van der Waals surface area (Å²) in [6.45, 7) is 0. The number of quaternary nitrogens is 1. The van der Waals surface area contributed by atoms with E-state index >= 15 is 0 Å². The molecular formula is C14H13NO5S. The van der Waals surface area contributed by atoms with E-state index in [4.69, 9.17) is 0 Å². The van der Waals surface area contributed by atoms with Crippen molar-refractivity contribution in [1.82, 2.24) is 6.15 Å². The lowest BCUT2D eigenvalue weighted by molar-refractivity contribution is 0.463. The first-order valence-corrected chi connectivity index (χ1v) is 7.12. The molecule has 0 spiro atoms. The molecule has 0 unspecified atom stereocenters. The number of phenols is 2. The Hall–Kier alpha value is -2.35. The Balaban J connectivity index is 0.00000161. The van der Waals surface area contributed by atoms with Gasteiger partial charge in [-0.3, -0.25) is 0 Å². The molecule has 0 aliphatic heterocycles. The Morgan fingerprint density at radius 2 is 1.29 bits per heavy atom. The van der Waals surface area contributed by atoms with E-state index in [1.807, 2.05) is 0 Å². The molecule has 110 valence electrons. The molecule has 0 fully saturated rings. The summed E-state index contributed by atoms with van der Waals surface area (Å²) in [5, 5.41) is 21.7. The number of aromatic hydroxyl groups is 2. The molecule has 21 heavy (non-hydrogen) atoms. The van der Waals surface area contributed by atoms with Crippen molar-refractivity contribution in [1.29, 1.82) is 0 Å². The summed E-state index contributed by atoms with van der Waals surface area (Å²) in [5.74, 6) is -0.234. The van der Waals surface area contributed by atoms with Gasteiger partial charge in [0.2, 0.25) is 0 Å². The molecule has 0 aromatic heterocycles. The molecule has 0 atom stereocenters. The summed E-state index contributed by atoms with van der Waals surface area (Å²) in [4.78, 5) is -0.449. The molecule has 0 aliphatic rings. The van der Waals surface area contributed by atoms with E-state index in [0.717, 1.165) is 12.1 Å². The normalized spacial score (nSPS) is 11.5. The van der Waals surface area contributed by atoms with Gasteiger partial charge in [0.15, 0.2) is 0 Å². The highest BCUT2D eigenvalue weighted by atomic mass is 32.2. The van der Waals surface area contributed by atoms with Crippen LogP contribution in [-0.4, -0.2) is 23.2 Å². The van der Waals surface area contributed by atoms with Crippen molar-refractivity contribution in [3.8, 4) is 11.5 Å². The van der Waals surface area contributed by atoms with Gasteiger partial charge in [0.05, 0.1) is 4.90 Å². The maximum absolute atomic E-state index is 11.0. The maximum atomic E-state index is 11.0. The monoisotopic (exact) mass is 307 g/mol. The highest BCUT2D eigenvalue weighted by molar-refractivity contribution is 7.85. The Morgan fingerprint density at radius 1 is 0.810 bits per heavy atom. The Kier molecular flexibility index (Phi) is 3.50. The van der Waals surface area contributed by atoms with E-state index in [0.29, 0.717) is 10.8 Å². The minimum atomic E-state index is -4.62. The van der Waals surface area contributed by atoms with Crippen LogP contribution in [0, 0.1) is 0 Å². The zero-order chi connectivity index (χ0) is 14.5. The number of phenolic OH excluding ortho intramolecular Hbond substituents is 2. The number of fused-ring (bicyclic) bond motifs is 2. The Labute approximate surface area is 120 Å². The van der Waals surface area contributed by atoms with Crippen LogP contribution < -0.4 is 6.15 Å². The van der Waals surface area contributed by atoms with Crippen LogP contribution in [0.2, 0.25) is 0 Å². The third kappa shape index (κ3) is 2.27. The standard InChI is InChI=1S/C14H10O5S.H3N/c15-13-9-3-1-2-4-10(9)14(16)12-7-8(20(17,18)19)5-6-11(12)13;/h1-7,15-16H,(H,17,18,19);1H3. The van der Waals surface area contributed by atoms with Crippen LogP contribution in [0.15, 0.2) is 47.4 Å². The smallest absolute Gasteiger partial charge is 0.131 e. The van der Waals surface area contributed by atoms with Gasteiger partial charge in [-0.15, -0.1) is 0 Å². The lowest BCUT2D eigenvalue weighted by Gasteiger charge is -2.12. The fourth-order valence-electron chi connectivity index (χ4n) is 2.27. The highest BCUT2D eigenvalue weighted by Crippen LogP contribution is 2.41. The average molecular weight is 307 g/mol. The fraction of sp³-hybridized carbons (Fsp3) is 0. The van der Waals surface area contributed by atoms with E-state index in [1.165, 1.54) is 6.07 Å². The lowest BCUT2D eigenvalue weighted by Crippen LogP contribution is -1.98. The topological polar surface area (TPSA) is 134 Å². The van der Waals surface area contributed by atoms with Crippen LogP contribution in [0.4, 0.5) is 0 Å². The third-order valence-corrected chi connectivity index (χ3v) is 4.06. The van der Waals surface area contributed by atoms with Gasteiger partial charge in [0.25, 0.3) is 0 Å². The van der Waals surface area contributed by atoms with Gasteiger partial charge in [-0.2, -0.15) is 0 Å². The van der Waals surface area contributed by atoms with Gasteiger partial charge in [-0.05, 0) is 18.2 Å². The number of rotatable bonds is 1. The molecule has 0 heterocycles. The van der Waals surface area contributed by atoms with E-state index in [1.54, 1.807) is 24.3 Å². The predicted molar refractivity (Wildman–Crippen MR) is 78.7 cm³/mol. The second kappa shape index (κ2) is 4.88. The van der Waals surface area contributed by atoms with Crippen LogP contribution in [0.25, 0.3) is 21.5 Å². The van der Waals surface area contributed by atoms with Crippen LogP contribution in [0.5, 0.6) is 11.5 Å². The molecule has 3 rings (SSSR count). The molecule has 0 aliphatic carbocycles. The first-order valence-electron chi connectivity index (χ1n) is 5.72.